The second-order valence-corrected chi connectivity index (χ2v) is 4.40. The van der Waals surface area contributed by atoms with Crippen LogP contribution in [-0.2, 0) is 9.59 Å². The van der Waals surface area contributed by atoms with Crippen molar-refractivity contribution in [3.8, 4) is 5.75 Å². The lowest BCUT2D eigenvalue weighted by atomic mass is 10.1. The molecule has 0 amide bonds. The Balaban J connectivity index is 3.08. The average molecular weight is 278 g/mol. The molecule has 0 spiro atoms. The predicted molar refractivity (Wildman–Crippen MR) is 74.8 cm³/mol. The predicted octanol–water partition coefficient (Wildman–Crippen LogP) is 2.72. The van der Waals surface area contributed by atoms with Gasteiger partial charge in [0, 0.05) is 11.6 Å². The van der Waals surface area contributed by atoms with Gasteiger partial charge in [-0.25, -0.2) is 9.59 Å². The smallest absolute Gasteiger partial charge is 0.344 e. The fourth-order valence-electron chi connectivity index (χ4n) is 1.77. The number of carboxylic acid groups (broad SMARTS) is 2. The average Bonchev–Trinajstić information content (AvgIpc) is 2.38. The van der Waals surface area contributed by atoms with Crippen LogP contribution in [0.3, 0.4) is 0 Å². The molecule has 1 atom stereocenters. The molecule has 0 aliphatic heterocycles. The number of aliphatic carboxylic acids is 2. The molecule has 5 heteroatoms. The number of benzene rings is 1. The van der Waals surface area contributed by atoms with Crippen molar-refractivity contribution in [2.24, 2.45) is 0 Å². The van der Waals surface area contributed by atoms with E-state index in [1.807, 2.05) is 6.92 Å². The molecule has 0 aliphatic carbocycles. The van der Waals surface area contributed by atoms with Crippen molar-refractivity contribution < 1.29 is 24.5 Å². The van der Waals surface area contributed by atoms with Crippen LogP contribution in [0.2, 0.25) is 0 Å². The van der Waals surface area contributed by atoms with Gasteiger partial charge in [0.05, 0.1) is 0 Å². The highest BCUT2D eigenvalue weighted by Crippen LogP contribution is 2.26. The maximum absolute atomic E-state index is 11.1. The number of carbonyl (C=O) groups is 2. The van der Waals surface area contributed by atoms with Crippen LogP contribution in [0.15, 0.2) is 24.3 Å². The Kier molecular flexibility index (Phi) is 5.77. The molecule has 108 valence electrons. The molecular formula is C15H18O5. The van der Waals surface area contributed by atoms with Crippen LogP contribution < -0.4 is 4.74 Å². The van der Waals surface area contributed by atoms with Crippen molar-refractivity contribution >= 4 is 18.0 Å². The lowest BCUT2D eigenvalue weighted by Crippen LogP contribution is -2.27. The monoisotopic (exact) mass is 278 g/mol. The first-order valence-corrected chi connectivity index (χ1v) is 6.35. The third kappa shape index (κ3) is 4.42. The summed E-state index contributed by atoms with van der Waals surface area (Å²) >= 11 is 0. The SMILES string of the molecule is CCCC(Oc1c(C)cccc1/C=C/C(=O)O)C(=O)O. The standard InChI is InChI=1S/C15H18O5/c1-3-5-12(15(18)19)20-14-10(2)6-4-7-11(14)8-9-13(16)17/h4,6-9,12H,3,5H2,1-2H3,(H,16,17)(H,18,19)/b9-8+. The Morgan fingerprint density at radius 1 is 1.35 bits per heavy atom. The summed E-state index contributed by atoms with van der Waals surface area (Å²) in [5, 5.41) is 17.8. The molecule has 0 aromatic heterocycles. The van der Waals surface area contributed by atoms with Crippen molar-refractivity contribution in [1.29, 1.82) is 0 Å². The number of ether oxygens (including phenoxy) is 1. The Morgan fingerprint density at radius 3 is 2.60 bits per heavy atom. The zero-order valence-corrected chi connectivity index (χ0v) is 11.5. The van der Waals surface area contributed by atoms with Crippen LogP contribution >= 0.6 is 0 Å². The number of para-hydroxylation sites is 1. The van der Waals surface area contributed by atoms with E-state index >= 15 is 0 Å². The third-order valence-corrected chi connectivity index (χ3v) is 2.73. The van der Waals surface area contributed by atoms with E-state index in [-0.39, 0.29) is 0 Å². The lowest BCUT2D eigenvalue weighted by Gasteiger charge is -2.18. The molecule has 2 N–H and O–H groups in total. The molecule has 0 radical (unpaired) electrons. The second-order valence-electron chi connectivity index (χ2n) is 4.40. The Hall–Kier alpha value is -2.30. The normalized spacial score (nSPS) is 12.3. The van der Waals surface area contributed by atoms with Crippen molar-refractivity contribution in [1.82, 2.24) is 0 Å². The number of carboxylic acids is 2. The van der Waals surface area contributed by atoms with E-state index in [2.05, 4.69) is 0 Å². The Bertz CT molecular complexity index is 519. The number of hydrogen-bond acceptors (Lipinski definition) is 3. The Labute approximate surface area is 117 Å². The molecule has 0 heterocycles. The van der Waals surface area contributed by atoms with Gasteiger partial charge in [0.15, 0.2) is 6.10 Å². The molecule has 0 aliphatic rings. The molecule has 0 bridgehead atoms. The van der Waals surface area contributed by atoms with E-state index in [0.717, 1.165) is 11.6 Å². The van der Waals surface area contributed by atoms with Gasteiger partial charge in [-0.3, -0.25) is 0 Å². The van der Waals surface area contributed by atoms with Crippen molar-refractivity contribution in [2.75, 3.05) is 0 Å². The van der Waals surface area contributed by atoms with E-state index in [1.54, 1.807) is 25.1 Å². The molecule has 0 saturated carbocycles. The molecule has 1 rings (SSSR count). The van der Waals surface area contributed by atoms with Crippen LogP contribution in [0.1, 0.15) is 30.9 Å². The van der Waals surface area contributed by atoms with Crippen LogP contribution in [0, 0.1) is 6.92 Å². The molecule has 0 fully saturated rings. The zero-order chi connectivity index (χ0) is 15.1. The van der Waals surface area contributed by atoms with Gasteiger partial charge in [0.25, 0.3) is 0 Å². The van der Waals surface area contributed by atoms with E-state index in [4.69, 9.17) is 14.9 Å². The van der Waals surface area contributed by atoms with Gasteiger partial charge in [-0.15, -0.1) is 0 Å². The minimum atomic E-state index is -1.07. The summed E-state index contributed by atoms with van der Waals surface area (Å²) < 4.78 is 5.57. The first kappa shape index (κ1) is 15.8. The maximum Gasteiger partial charge on any atom is 0.344 e. The summed E-state index contributed by atoms with van der Waals surface area (Å²) in [6.45, 7) is 3.67. The topological polar surface area (TPSA) is 83.8 Å². The lowest BCUT2D eigenvalue weighted by molar-refractivity contribution is -0.145. The van der Waals surface area contributed by atoms with Crippen LogP contribution in [0.5, 0.6) is 5.75 Å². The highest BCUT2D eigenvalue weighted by molar-refractivity contribution is 5.86. The first-order chi connectivity index (χ1) is 9.45. The molecule has 1 unspecified atom stereocenters. The molecule has 20 heavy (non-hydrogen) atoms. The largest absolute Gasteiger partial charge is 0.479 e. The van der Waals surface area contributed by atoms with Crippen molar-refractivity contribution in [2.45, 2.75) is 32.8 Å². The van der Waals surface area contributed by atoms with Gasteiger partial charge in [-0.2, -0.15) is 0 Å². The van der Waals surface area contributed by atoms with E-state index < -0.39 is 18.0 Å². The maximum atomic E-state index is 11.1. The van der Waals surface area contributed by atoms with Gasteiger partial charge in [-0.05, 0) is 25.0 Å². The van der Waals surface area contributed by atoms with Crippen LogP contribution in [-0.4, -0.2) is 28.3 Å². The van der Waals surface area contributed by atoms with Crippen LogP contribution in [0.4, 0.5) is 0 Å². The summed E-state index contributed by atoms with van der Waals surface area (Å²) in [6, 6.07) is 5.24. The van der Waals surface area contributed by atoms with Crippen molar-refractivity contribution in [3.63, 3.8) is 0 Å². The summed E-state index contributed by atoms with van der Waals surface area (Å²) in [5.41, 5.74) is 1.31. The fourth-order valence-corrected chi connectivity index (χ4v) is 1.77. The van der Waals surface area contributed by atoms with Gasteiger partial charge in [-0.1, -0.05) is 31.5 Å². The molecule has 5 nitrogen and oxygen atoms in total. The zero-order valence-electron chi connectivity index (χ0n) is 11.5. The van der Waals surface area contributed by atoms with Gasteiger partial charge in [0.1, 0.15) is 5.75 Å². The highest BCUT2D eigenvalue weighted by atomic mass is 16.5. The molecule has 1 aromatic carbocycles. The quantitative estimate of drug-likeness (QED) is 0.749. The number of hydrogen-bond donors (Lipinski definition) is 2. The fraction of sp³-hybridized carbons (Fsp3) is 0.333. The summed E-state index contributed by atoms with van der Waals surface area (Å²) in [4.78, 5) is 21.7. The highest BCUT2D eigenvalue weighted by Gasteiger charge is 2.20. The molecule has 0 saturated heterocycles. The Morgan fingerprint density at radius 2 is 2.05 bits per heavy atom. The van der Waals surface area contributed by atoms with E-state index in [9.17, 15) is 9.59 Å². The first-order valence-electron chi connectivity index (χ1n) is 6.35. The third-order valence-electron chi connectivity index (χ3n) is 2.73. The summed E-state index contributed by atoms with van der Waals surface area (Å²) in [7, 11) is 0. The minimum absolute atomic E-state index is 0.395. The van der Waals surface area contributed by atoms with E-state index in [1.165, 1.54) is 6.08 Å². The van der Waals surface area contributed by atoms with Gasteiger partial charge >= 0.3 is 11.9 Å². The van der Waals surface area contributed by atoms with Crippen LogP contribution in [0.25, 0.3) is 6.08 Å². The number of aryl methyl sites for hydroxylation is 1. The minimum Gasteiger partial charge on any atom is -0.479 e. The van der Waals surface area contributed by atoms with Gasteiger partial charge in [0.2, 0.25) is 0 Å². The summed E-state index contributed by atoms with van der Waals surface area (Å²) in [5.74, 6) is -1.69. The molecule has 1 aromatic rings. The second kappa shape index (κ2) is 7.33. The molecular weight excluding hydrogens is 260 g/mol. The van der Waals surface area contributed by atoms with Gasteiger partial charge < -0.3 is 14.9 Å². The van der Waals surface area contributed by atoms with E-state index in [0.29, 0.717) is 24.2 Å². The number of rotatable bonds is 7. The summed E-state index contributed by atoms with van der Waals surface area (Å²) in [6.07, 6.45) is 2.54. The van der Waals surface area contributed by atoms with Crippen molar-refractivity contribution in [3.05, 3.63) is 35.4 Å².